The molecule has 8 heteroatoms. The Balaban J connectivity index is 1.47. The number of carbonyl (C=O) groups excluding carboxylic acids is 2. The topological polar surface area (TPSA) is 84.5 Å². The highest BCUT2D eigenvalue weighted by Crippen LogP contribution is 2.30. The zero-order chi connectivity index (χ0) is 19.7. The van der Waals surface area contributed by atoms with Crippen LogP contribution in [0.1, 0.15) is 19.3 Å². The van der Waals surface area contributed by atoms with Crippen LogP contribution in [0.3, 0.4) is 0 Å². The van der Waals surface area contributed by atoms with E-state index < -0.39 is 5.76 Å². The van der Waals surface area contributed by atoms with Crippen LogP contribution in [0.4, 0.5) is 11.4 Å². The lowest BCUT2D eigenvalue weighted by atomic mass is 10.2. The maximum atomic E-state index is 12.4. The first-order valence-corrected chi connectivity index (χ1v) is 9.39. The molecule has 0 spiro atoms. The van der Waals surface area contributed by atoms with Crippen molar-refractivity contribution in [2.24, 2.45) is 0 Å². The smallest absolute Gasteiger partial charge is 0.408 e. The van der Waals surface area contributed by atoms with E-state index >= 15 is 0 Å². The van der Waals surface area contributed by atoms with Gasteiger partial charge in [0.25, 0.3) is 0 Å². The van der Waals surface area contributed by atoms with E-state index in [1.165, 1.54) is 4.57 Å². The van der Waals surface area contributed by atoms with Crippen molar-refractivity contribution in [3.8, 4) is 0 Å². The number of fused-ring (bicyclic) bond motifs is 1. The first-order valence-electron chi connectivity index (χ1n) is 9.01. The van der Waals surface area contributed by atoms with Gasteiger partial charge >= 0.3 is 5.76 Å². The van der Waals surface area contributed by atoms with Crippen LogP contribution in [0.5, 0.6) is 0 Å². The normalized spacial score (nSPS) is 14.0. The lowest BCUT2D eigenvalue weighted by Gasteiger charge is -2.17. The number of hydrogen-bond acceptors (Lipinski definition) is 4. The zero-order valence-electron chi connectivity index (χ0n) is 15.0. The van der Waals surface area contributed by atoms with E-state index in [1.807, 2.05) is 0 Å². The summed E-state index contributed by atoms with van der Waals surface area (Å²) in [5.41, 5.74) is 2.28. The highest BCUT2D eigenvalue weighted by atomic mass is 35.5. The molecule has 2 aromatic carbocycles. The van der Waals surface area contributed by atoms with E-state index in [2.05, 4.69) is 5.32 Å². The van der Waals surface area contributed by atoms with Crippen molar-refractivity contribution in [2.75, 3.05) is 16.8 Å². The van der Waals surface area contributed by atoms with Crippen LogP contribution in [-0.2, 0) is 16.1 Å². The van der Waals surface area contributed by atoms with E-state index in [-0.39, 0.29) is 24.8 Å². The van der Waals surface area contributed by atoms with Crippen molar-refractivity contribution < 1.29 is 14.0 Å². The Bertz CT molecular complexity index is 1120. The number of hydrogen-bond donors (Lipinski definition) is 1. The van der Waals surface area contributed by atoms with Gasteiger partial charge in [-0.1, -0.05) is 23.7 Å². The maximum Gasteiger partial charge on any atom is 0.419 e. The number of benzene rings is 2. The number of oxazole rings is 1. The number of halogens is 1. The standard InChI is InChI=1S/C20H18ClN3O4/c21-14-8-7-13(23-10-3-6-19(23)26)12-15(14)22-18(25)9-11-24-16-4-1-2-5-17(16)28-20(24)27/h1-2,4-5,7-8,12H,3,6,9-11H2,(H,22,25). The summed E-state index contributed by atoms with van der Waals surface area (Å²) in [6, 6.07) is 12.2. The van der Waals surface area contributed by atoms with Crippen LogP contribution >= 0.6 is 11.6 Å². The highest BCUT2D eigenvalue weighted by Gasteiger charge is 2.22. The minimum absolute atomic E-state index is 0.0609. The molecule has 1 aliphatic rings. The largest absolute Gasteiger partial charge is 0.419 e. The molecule has 4 rings (SSSR count). The molecule has 1 N–H and O–H groups in total. The van der Waals surface area contributed by atoms with Gasteiger partial charge in [-0.3, -0.25) is 14.2 Å². The summed E-state index contributed by atoms with van der Waals surface area (Å²) in [6.45, 7) is 0.841. The molecule has 0 radical (unpaired) electrons. The predicted molar refractivity (Wildman–Crippen MR) is 107 cm³/mol. The molecular formula is C20H18ClN3O4. The van der Waals surface area contributed by atoms with Crippen LogP contribution in [-0.4, -0.2) is 22.9 Å². The molecule has 1 aliphatic heterocycles. The quantitative estimate of drug-likeness (QED) is 0.712. The first kappa shape index (κ1) is 18.3. The molecule has 0 unspecified atom stereocenters. The highest BCUT2D eigenvalue weighted by molar-refractivity contribution is 6.33. The molecule has 0 atom stereocenters. The van der Waals surface area contributed by atoms with E-state index in [0.717, 1.165) is 6.42 Å². The number of aromatic nitrogens is 1. The summed E-state index contributed by atoms with van der Waals surface area (Å²) in [5.74, 6) is -0.726. The van der Waals surface area contributed by atoms with Crippen molar-refractivity contribution in [2.45, 2.75) is 25.8 Å². The summed E-state index contributed by atoms with van der Waals surface area (Å²) >= 11 is 6.20. The number of aryl methyl sites for hydroxylation is 1. The van der Waals surface area contributed by atoms with Crippen LogP contribution in [0, 0.1) is 0 Å². The van der Waals surface area contributed by atoms with Gasteiger partial charge in [0.05, 0.1) is 16.2 Å². The van der Waals surface area contributed by atoms with Crippen molar-refractivity contribution in [3.63, 3.8) is 0 Å². The van der Waals surface area contributed by atoms with Gasteiger partial charge in [-0.25, -0.2) is 4.79 Å². The molecule has 0 aliphatic carbocycles. The number of para-hydroxylation sites is 2. The van der Waals surface area contributed by atoms with Crippen LogP contribution in [0.25, 0.3) is 11.1 Å². The summed E-state index contributed by atoms with van der Waals surface area (Å²) in [7, 11) is 0. The molecule has 0 bridgehead atoms. The Morgan fingerprint density at radius 1 is 1.18 bits per heavy atom. The lowest BCUT2D eigenvalue weighted by Crippen LogP contribution is -2.24. The summed E-state index contributed by atoms with van der Waals surface area (Å²) in [4.78, 5) is 38.0. The number of amides is 2. The van der Waals surface area contributed by atoms with Crippen molar-refractivity contribution in [1.82, 2.24) is 4.57 Å². The van der Waals surface area contributed by atoms with Crippen LogP contribution in [0.15, 0.2) is 51.7 Å². The molecule has 2 amide bonds. The second-order valence-corrected chi connectivity index (χ2v) is 7.01. The van der Waals surface area contributed by atoms with Gasteiger partial charge in [-0.15, -0.1) is 0 Å². The van der Waals surface area contributed by atoms with E-state index in [4.69, 9.17) is 16.0 Å². The maximum absolute atomic E-state index is 12.4. The average molecular weight is 400 g/mol. The minimum atomic E-state index is -0.499. The SMILES string of the molecule is O=C(CCn1c(=O)oc2ccccc21)Nc1cc(N2CCCC2=O)ccc1Cl. The van der Waals surface area contributed by atoms with Gasteiger partial charge in [0.2, 0.25) is 11.8 Å². The number of nitrogens with zero attached hydrogens (tertiary/aromatic N) is 2. The third-order valence-electron chi connectivity index (χ3n) is 4.75. The Kier molecular flexibility index (Phi) is 4.92. The van der Waals surface area contributed by atoms with Gasteiger partial charge in [0.1, 0.15) is 0 Å². The third kappa shape index (κ3) is 3.53. The Labute approximate surface area is 165 Å². The predicted octanol–water partition coefficient (Wildman–Crippen LogP) is 3.40. The van der Waals surface area contributed by atoms with E-state index in [0.29, 0.717) is 40.5 Å². The van der Waals surface area contributed by atoms with Crippen LogP contribution in [0.2, 0.25) is 5.02 Å². The fourth-order valence-electron chi connectivity index (χ4n) is 3.35. The average Bonchev–Trinajstić information content (AvgIpc) is 3.24. The molecule has 2 heterocycles. The second-order valence-electron chi connectivity index (χ2n) is 6.60. The molecule has 3 aromatic rings. The molecule has 1 aromatic heterocycles. The monoisotopic (exact) mass is 399 g/mol. The number of rotatable bonds is 5. The summed E-state index contributed by atoms with van der Waals surface area (Å²) < 4.78 is 6.60. The fourth-order valence-corrected chi connectivity index (χ4v) is 3.51. The van der Waals surface area contributed by atoms with Gasteiger partial charge in [-0.05, 0) is 36.8 Å². The second kappa shape index (κ2) is 7.52. The van der Waals surface area contributed by atoms with Crippen LogP contribution < -0.4 is 16.0 Å². The molecule has 7 nitrogen and oxygen atoms in total. The van der Waals surface area contributed by atoms with Gasteiger partial charge < -0.3 is 14.6 Å². The third-order valence-corrected chi connectivity index (χ3v) is 5.07. The van der Waals surface area contributed by atoms with Crippen molar-refractivity contribution in [3.05, 3.63) is 58.0 Å². The minimum Gasteiger partial charge on any atom is -0.408 e. The molecule has 144 valence electrons. The molecule has 28 heavy (non-hydrogen) atoms. The molecule has 0 saturated carbocycles. The molecule has 1 saturated heterocycles. The Hall–Kier alpha value is -3.06. The van der Waals surface area contributed by atoms with Crippen molar-refractivity contribution in [1.29, 1.82) is 0 Å². The molecular weight excluding hydrogens is 382 g/mol. The Morgan fingerprint density at radius 2 is 2.00 bits per heavy atom. The number of anilines is 2. The number of nitrogens with one attached hydrogen (secondary N) is 1. The van der Waals surface area contributed by atoms with Gasteiger partial charge in [0, 0.05) is 31.6 Å². The lowest BCUT2D eigenvalue weighted by molar-refractivity contribution is -0.117. The van der Waals surface area contributed by atoms with Gasteiger partial charge in [-0.2, -0.15) is 0 Å². The Morgan fingerprint density at radius 3 is 2.79 bits per heavy atom. The fraction of sp³-hybridized carbons (Fsp3) is 0.250. The van der Waals surface area contributed by atoms with Gasteiger partial charge in [0.15, 0.2) is 5.58 Å². The summed E-state index contributed by atoms with van der Waals surface area (Å²) in [5, 5.41) is 3.15. The van der Waals surface area contributed by atoms with E-state index in [9.17, 15) is 14.4 Å². The summed E-state index contributed by atoms with van der Waals surface area (Å²) in [6.07, 6.45) is 1.42. The number of carbonyl (C=O) groups is 2. The molecule has 1 fully saturated rings. The van der Waals surface area contributed by atoms with E-state index in [1.54, 1.807) is 47.4 Å². The zero-order valence-corrected chi connectivity index (χ0v) is 15.7. The van der Waals surface area contributed by atoms with Crippen molar-refractivity contribution >= 4 is 45.9 Å². The first-order chi connectivity index (χ1) is 13.5.